The van der Waals surface area contributed by atoms with Crippen LogP contribution >= 0.6 is 11.5 Å². The van der Waals surface area contributed by atoms with Crippen molar-refractivity contribution in [2.45, 2.75) is 13.5 Å². The first kappa shape index (κ1) is 13.6. The summed E-state index contributed by atoms with van der Waals surface area (Å²) in [6.07, 6.45) is 0. The largest absolute Gasteiger partial charge is 0.493 e. The molecule has 0 bridgehead atoms. The van der Waals surface area contributed by atoms with Crippen LogP contribution in [0.1, 0.15) is 11.4 Å². The third kappa shape index (κ3) is 3.14. The summed E-state index contributed by atoms with van der Waals surface area (Å²) in [6, 6.07) is 5.91. The standard InChI is InChI=1S/C13H17N3O2S/c1-9-14-13(19-15-9)16(2)8-10-5-6-11(17-3)12(7-10)18-4/h5-7H,8H2,1-4H3. The molecule has 0 spiro atoms. The summed E-state index contributed by atoms with van der Waals surface area (Å²) in [7, 11) is 5.27. The minimum Gasteiger partial charge on any atom is -0.493 e. The maximum Gasteiger partial charge on any atom is 0.205 e. The highest BCUT2D eigenvalue weighted by atomic mass is 32.1. The highest BCUT2D eigenvalue weighted by Gasteiger charge is 2.09. The second-order valence-corrected chi connectivity index (χ2v) is 4.90. The van der Waals surface area contributed by atoms with Gasteiger partial charge in [0.05, 0.1) is 14.2 Å². The molecule has 0 aliphatic carbocycles. The molecule has 2 aromatic rings. The Bertz CT molecular complexity index is 557. The van der Waals surface area contributed by atoms with E-state index in [1.165, 1.54) is 11.5 Å². The molecule has 1 aromatic carbocycles. The summed E-state index contributed by atoms with van der Waals surface area (Å²) >= 11 is 1.40. The molecule has 1 heterocycles. The van der Waals surface area contributed by atoms with Crippen LogP contribution in [0, 0.1) is 6.92 Å². The van der Waals surface area contributed by atoms with Gasteiger partial charge >= 0.3 is 0 Å². The molecule has 0 saturated heterocycles. The van der Waals surface area contributed by atoms with Crippen molar-refractivity contribution in [3.63, 3.8) is 0 Å². The van der Waals surface area contributed by atoms with Crippen LogP contribution in [0.2, 0.25) is 0 Å². The number of rotatable bonds is 5. The van der Waals surface area contributed by atoms with E-state index in [-0.39, 0.29) is 0 Å². The molecule has 0 N–H and O–H groups in total. The van der Waals surface area contributed by atoms with Crippen LogP contribution in [-0.4, -0.2) is 30.6 Å². The fourth-order valence-electron chi connectivity index (χ4n) is 1.76. The second-order valence-electron chi connectivity index (χ2n) is 4.17. The molecule has 0 fully saturated rings. The molecule has 0 unspecified atom stereocenters. The van der Waals surface area contributed by atoms with E-state index in [1.54, 1.807) is 14.2 Å². The fourth-order valence-corrected chi connectivity index (χ4v) is 2.39. The lowest BCUT2D eigenvalue weighted by molar-refractivity contribution is 0.354. The van der Waals surface area contributed by atoms with Crippen LogP contribution in [0.15, 0.2) is 18.2 Å². The first-order chi connectivity index (χ1) is 9.13. The van der Waals surface area contributed by atoms with Gasteiger partial charge in [-0.05, 0) is 24.6 Å². The average Bonchev–Trinajstić information content (AvgIpc) is 2.85. The Hall–Kier alpha value is -1.82. The van der Waals surface area contributed by atoms with E-state index in [1.807, 2.05) is 32.2 Å². The van der Waals surface area contributed by atoms with E-state index in [4.69, 9.17) is 9.47 Å². The fraction of sp³-hybridized carbons (Fsp3) is 0.385. The molecule has 0 aliphatic rings. The Morgan fingerprint density at radius 3 is 2.53 bits per heavy atom. The predicted octanol–water partition coefficient (Wildman–Crippen LogP) is 2.50. The third-order valence-corrected chi connectivity index (χ3v) is 3.63. The SMILES string of the molecule is COc1ccc(CN(C)c2nc(C)ns2)cc1OC. The van der Waals surface area contributed by atoms with E-state index in [2.05, 4.69) is 14.3 Å². The van der Waals surface area contributed by atoms with Gasteiger partial charge in [0.2, 0.25) is 5.13 Å². The maximum atomic E-state index is 5.30. The zero-order valence-corrected chi connectivity index (χ0v) is 12.3. The number of hydrogen-bond acceptors (Lipinski definition) is 6. The van der Waals surface area contributed by atoms with Crippen molar-refractivity contribution in [2.75, 3.05) is 26.2 Å². The summed E-state index contributed by atoms with van der Waals surface area (Å²) in [5, 5.41) is 0.910. The zero-order valence-electron chi connectivity index (χ0n) is 11.5. The van der Waals surface area contributed by atoms with Crippen LogP contribution in [0.25, 0.3) is 0 Å². The van der Waals surface area contributed by atoms with Crippen LogP contribution < -0.4 is 14.4 Å². The van der Waals surface area contributed by atoms with Crippen LogP contribution in [0.4, 0.5) is 5.13 Å². The lowest BCUT2D eigenvalue weighted by atomic mass is 10.2. The van der Waals surface area contributed by atoms with Crippen LogP contribution in [0.3, 0.4) is 0 Å². The second kappa shape index (κ2) is 5.88. The summed E-state index contributed by atoms with van der Waals surface area (Å²) in [5.74, 6) is 2.28. The van der Waals surface area contributed by atoms with Crippen LogP contribution in [-0.2, 0) is 6.54 Å². The Morgan fingerprint density at radius 1 is 1.21 bits per heavy atom. The van der Waals surface area contributed by atoms with Gasteiger partial charge in [-0.3, -0.25) is 0 Å². The van der Waals surface area contributed by atoms with E-state index in [9.17, 15) is 0 Å². The topological polar surface area (TPSA) is 47.5 Å². The molecule has 102 valence electrons. The van der Waals surface area contributed by atoms with Crippen molar-refractivity contribution in [1.29, 1.82) is 0 Å². The van der Waals surface area contributed by atoms with Gasteiger partial charge in [-0.15, -0.1) is 0 Å². The Labute approximate surface area is 117 Å². The van der Waals surface area contributed by atoms with Gasteiger partial charge in [0.25, 0.3) is 0 Å². The van der Waals surface area contributed by atoms with E-state index in [0.29, 0.717) is 0 Å². The first-order valence-electron chi connectivity index (χ1n) is 5.86. The molecule has 19 heavy (non-hydrogen) atoms. The molecule has 1 aromatic heterocycles. The minimum absolute atomic E-state index is 0.737. The molecule has 0 saturated carbocycles. The Morgan fingerprint density at radius 2 is 1.95 bits per heavy atom. The monoisotopic (exact) mass is 279 g/mol. The summed E-state index contributed by atoms with van der Waals surface area (Å²) < 4.78 is 14.7. The number of hydrogen-bond donors (Lipinski definition) is 0. The van der Waals surface area contributed by atoms with Gasteiger partial charge in [0.1, 0.15) is 5.82 Å². The maximum absolute atomic E-state index is 5.30. The molecule has 0 amide bonds. The first-order valence-corrected chi connectivity index (χ1v) is 6.63. The van der Waals surface area contributed by atoms with E-state index in [0.717, 1.165) is 34.6 Å². The third-order valence-electron chi connectivity index (χ3n) is 2.71. The van der Waals surface area contributed by atoms with Gasteiger partial charge in [0, 0.05) is 25.1 Å². The van der Waals surface area contributed by atoms with Crippen molar-refractivity contribution >= 4 is 16.7 Å². The normalized spacial score (nSPS) is 10.3. The number of ether oxygens (including phenoxy) is 2. The molecular weight excluding hydrogens is 262 g/mol. The summed E-state index contributed by atoms with van der Waals surface area (Å²) in [5.41, 5.74) is 1.13. The average molecular weight is 279 g/mol. The number of benzene rings is 1. The summed E-state index contributed by atoms with van der Waals surface area (Å²) in [4.78, 5) is 6.42. The lowest BCUT2D eigenvalue weighted by Gasteiger charge is -2.16. The van der Waals surface area contributed by atoms with Gasteiger partial charge in [-0.25, -0.2) is 4.98 Å². The number of anilines is 1. The van der Waals surface area contributed by atoms with Gasteiger partial charge in [-0.2, -0.15) is 4.37 Å². The Kier molecular flexibility index (Phi) is 4.21. The molecule has 0 aliphatic heterocycles. The molecule has 6 heteroatoms. The van der Waals surface area contributed by atoms with E-state index >= 15 is 0 Å². The van der Waals surface area contributed by atoms with Gasteiger partial charge in [-0.1, -0.05) is 6.07 Å². The Balaban J connectivity index is 2.14. The number of aryl methyl sites for hydroxylation is 1. The quantitative estimate of drug-likeness (QED) is 0.841. The van der Waals surface area contributed by atoms with Gasteiger partial charge in [0.15, 0.2) is 11.5 Å². The lowest BCUT2D eigenvalue weighted by Crippen LogP contribution is -2.16. The highest BCUT2D eigenvalue weighted by molar-refractivity contribution is 7.09. The van der Waals surface area contributed by atoms with Crippen molar-refractivity contribution < 1.29 is 9.47 Å². The highest BCUT2D eigenvalue weighted by Crippen LogP contribution is 2.28. The van der Waals surface area contributed by atoms with Gasteiger partial charge < -0.3 is 14.4 Å². The molecular formula is C13H17N3O2S. The van der Waals surface area contributed by atoms with Crippen molar-refractivity contribution in [2.24, 2.45) is 0 Å². The number of methoxy groups -OCH3 is 2. The molecule has 0 radical (unpaired) electrons. The van der Waals surface area contributed by atoms with E-state index < -0.39 is 0 Å². The van der Waals surface area contributed by atoms with Crippen molar-refractivity contribution in [1.82, 2.24) is 9.36 Å². The molecule has 2 rings (SSSR count). The van der Waals surface area contributed by atoms with Crippen molar-refractivity contribution in [3.8, 4) is 11.5 Å². The molecule has 5 nitrogen and oxygen atoms in total. The molecule has 0 atom stereocenters. The van der Waals surface area contributed by atoms with Crippen LogP contribution in [0.5, 0.6) is 11.5 Å². The number of nitrogens with zero attached hydrogens (tertiary/aromatic N) is 3. The smallest absolute Gasteiger partial charge is 0.205 e. The minimum atomic E-state index is 0.737. The predicted molar refractivity (Wildman–Crippen MR) is 76.3 cm³/mol. The number of aromatic nitrogens is 2. The summed E-state index contributed by atoms with van der Waals surface area (Å²) in [6.45, 7) is 2.64. The van der Waals surface area contributed by atoms with Crippen molar-refractivity contribution in [3.05, 3.63) is 29.6 Å². The zero-order chi connectivity index (χ0) is 13.8.